The highest BCUT2D eigenvalue weighted by Gasteiger charge is 2.29. The minimum absolute atomic E-state index is 0.129. The van der Waals surface area contributed by atoms with E-state index >= 15 is 0 Å². The van der Waals surface area contributed by atoms with Crippen LogP contribution in [0.3, 0.4) is 0 Å². The van der Waals surface area contributed by atoms with E-state index in [-0.39, 0.29) is 46.8 Å². The second kappa shape index (κ2) is 11.1. The molecule has 1 aliphatic heterocycles. The molecule has 0 bridgehead atoms. The van der Waals surface area contributed by atoms with E-state index < -0.39 is 15.1 Å². The number of anilines is 4. The summed E-state index contributed by atoms with van der Waals surface area (Å²) in [5.74, 6) is 0.690. The SMILES string of the molecule is CC(C)Oc1cc2c(cc1Nc1ncc(Cl)c(Nc3ccccc3S(=O)(=O)C(C)C)n1)C(=O)N(CCO)C2. The lowest BCUT2D eigenvalue weighted by atomic mass is 10.1. The van der Waals surface area contributed by atoms with E-state index in [0.29, 0.717) is 29.2 Å². The minimum atomic E-state index is -3.57. The van der Waals surface area contributed by atoms with Gasteiger partial charge in [0.2, 0.25) is 5.95 Å². The highest BCUT2D eigenvalue weighted by molar-refractivity contribution is 7.92. The molecule has 2 heterocycles. The number of sulfone groups is 1. The molecule has 202 valence electrons. The molecule has 38 heavy (non-hydrogen) atoms. The zero-order valence-electron chi connectivity index (χ0n) is 21.5. The van der Waals surface area contributed by atoms with Gasteiger partial charge in [0.05, 0.1) is 40.4 Å². The molecular formula is C26H30ClN5O5S. The fraction of sp³-hybridized carbons (Fsp3) is 0.346. The number of aromatic nitrogens is 2. The number of para-hydroxylation sites is 1. The number of aliphatic hydroxyl groups is 1. The predicted octanol–water partition coefficient (Wildman–Crippen LogP) is 4.53. The highest BCUT2D eigenvalue weighted by atomic mass is 35.5. The smallest absolute Gasteiger partial charge is 0.254 e. The van der Waals surface area contributed by atoms with Crippen molar-refractivity contribution in [3.8, 4) is 5.75 Å². The molecule has 10 nitrogen and oxygen atoms in total. The molecule has 0 radical (unpaired) electrons. The van der Waals surface area contributed by atoms with Gasteiger partial charge in [-0.15, -0.1) is 0 Å². The van der Waals surface area contributed by atoms with Crippen LogP contribution in [0.2, 0.25) is 5.02 Å². The Morgan fingerprint density at radius 1 is 1.13 bits per heavy atom. The molecule has 2 aromatic carbocycles. The van der Waals surface area contributed by atoms with Crippen LogP contribution in [0.15, 0.2) is 47.5 Å². The fourth-order valence-corrected chi connectivity index (χ4v) is 5.33. The number of ether oxygens (including phenoxy) is 1. The van der Waals surface area contributed by atoms with Crippen LogP contribution in [0.4, 0.5) is 23.1 Å². The van der Waals surface area contributed by atoms with Crippen LogP contribution in [-0.4, -0.2) is 58.8 Å². The number of hydrogen-bond acceptors (Lipinski definition) is 9. The average molecular weight is 560 g/mol. The Balaban J connectivity index is 1.68. The standard InChI is InChI=1S/C26H30ClN5O5S/c1-15(2)37-22-11-17-14-32(9-10-33)25(34)18(17)12-21(22)30-26-28-13-19(27)24(31-26)29-20-7-5-6-8-23(20)38(35,36)16(3)4/h5-8,11-13,15-16,33H,9-10,14H2,1-4H3,(H2,28,29,30,31). The van der Waals surface area contributed by atoms with Crippen LogP contribution in [0, 0.1) is 0 Å². The van der Waals surface area contributed by atoms with Gasteiger partial charge < -0.3 is 25.4 Å². The summed E-state index contributed by atoms with van der Waals surface area (Å²) in [5, 5.41) is 15.0. The van der Waals surface area contributed by atoms with Crippen LogP contribution in [0.5, 0.6) is 5.75 Å². The first-order chi connectivity index (χ1) is 18.0. The average Bonchev–Trinajstić information content (AvgIpc) is 3.15. The summed E-state index contributed by atoms with van der Waals surface area (Å²) < 4.78 is 31.7. The van der Waals surface area contributed by atoms with Crippen molar-refractivity contribution in [1.29, 1.82) is 0 Å². The molecule has 3 aromatic rings. The van der Waals surface area contributed by atoms with Crippen LogP contribution >= 0.6 is 11.6 Å². The third kappa shape index (κ3) is 5.69. The number of fused-ring (bicyclic) bond motifs is 1. The van der Waals surface area contributed by atoms with Crippen molar-refractivity contribution < 1.29 is 23.1 Å². The fourth-order valence-electron chi connectivity index (χ4n) is 3.98. The lowest BCUT2D eigenvalue weighted by Crippen LogP contribution is -2.26. The van der Waals surface area contributed by atoms with Crippen LogP contribution in [-0.2, 0) is 16.4 Å². The monoisotopic (exact) mass is 559 g/mol. The molecule has 0 unspecified atom stereocenters. The first-order valence-corrected chi connectivity index (χ1v) is 14.1. The number of rotatable bonds is 10. The zero-order chi connectivity index (χ0) is 27.6. The second-order valence-corrected chi connectivity index (χ2v) is 12.2. The summed E-state index contributed by atoms with van der Waals surface area (Å²) in [6, 6.07) is 10.0. The van der Waals surface area contributed by atoms with Gasteiger partial charge in [0, 0.05) is 18.7 Å². The van der Waals surface area contributed by atoms with Gasteiger partial charge >= 0.3 is 0 Å². The maximum Gasteiger partial charge on any atom is 0.254 e. The molecular weight excluding hydrogens is 530 g/mol. The van der Waals surface area contributed by atoms with Crippen molar-refractivity contribution in [3.05, 3.63) is 58.7 Å². The molecule has 0 aliphatic carbocycles. The number of aliphatic hydroxyl groups excluding tert-OH is 1. The van der Waals surface area contributed by atoms with E-state index in [2.05, 4.69) is 20.6 Å². The van der Waals surface area contributed by atoms with Gasteiger partial charge in [0.25, 0.3) is 5.91 Å². The van der Waals surface area contributed by atoms with Crippen LogP contribution < -0.4 is 15.4 Å². The number of β-amino-alcohol motifs (C(OH)–C–C–N with tert-alkyl or cyclic N) is 1. The maximum atomic E-state index is 12.9. The van der Waals surface area contributed by atoms with Crippen LogP contribution in [0.1, 0.15) is 43.6 Å². The van der Waals surface area contributed by atoms with E-state index in [9.17, 15) is 18.3 Å². The third-order valence-electron chi connectivity index (χ3n) is 5.87. The van der Waals surface area contributed by atoms with E-state index in [1.807, 2.05) is 13.8 Å². The van der Waals surface area contributed by atoms with Gasteiger partial charge in [-0.25, -0.2) is 13.4 Å². The first-order valence-electron chi connectivity index (χ1n) is 12.1. The van der Waals surface area contributed by atoms with E-state index in [1.54, 1.807) is 49.1 Å². The summed E-state index contributed by atoms with van der Waals surface area (Å²) in [4.78, 5) is 23.2. The summed E-state index contributed by atoms with van der Waals surface area (Å²) in [6.45, 7) is 7.51. The number of carbonyl (C=O) groups is 1. The van der Waals surface area contributed by atoms with Crippen molar-refractivity contribution >= 4 is 50.5 Å². The number of hydrogen-bond donors (Lipinski definition) is 3. The molecule has 0 atom stereocenters. The Kier molecular flexibility index (Phi) is 8.10. The van der Waals surface area contributed by atoms with Crippen molar-refractivity contribution in [2.24, 2.45) is 0 Å². The van der Waals surface area contributed by atoms with E-state index in [1.165, 1.54) is 12.3 Å². The Morgan fingerprint density at radius 3 is 2.55 bits per heavy atom. The van der Waals surface area contributed by atoms with Crippen molar-refractivity contribution in [2.45, 2.75) is 50.5 Å². The Labute approximate surface area is 226 Å². The first kappa shape index (κ1) is 27.6. The molecule has 0 spiro atoms. The molecule has 0 saturated heterocycles. The highest BCUT2D eigenvalue weighted by Crippen LogP contribution is 2.36. The summed E-state index contributed by atoms with van der Waals surface area (Å²) >= 11 is 6.36. The summed E-state index contributed by atoms with van der Waals surface area (Å²) in [7, 11) is -3.57. The molecule has 4 rings (SSSR count). The lowest BCUT2D eigenvalue weighted by molar-refractivity contribution is 0.0745. The molecule has 3 N–H and O–H groups in total. The Morgan fingerprint density at radius 2 is 1.87 bits per heavy atom. The molecule has 1 aromatic heterocycles. The molecule has 0 fully saturated rings. The maximum absolute atomic E-state index is 12.9. The van der Waals surface area contributed by atoms with Gasteiger partial charge in [-0.1, -0.05) is 23.7 Å². The minimum Gasteiger partial charge on any atom is -0.489 e. The van der Waals surface area contributed by atoms with Gasteiger partial charge in [-0.3, -0.25) is 4.79 Å². The number of nitrogens with one attached hydrogen (secondary N) is 2. The summed E-state index contributed by atoms with van der Waals surface area (Å²) in [6.07, 6.45) is 1.26. The van der Waals surface area contributed by atoms with Gasteiger partial charge in [-0.2, -0.15) is 4.98 Å². The molecule has 1 amide bonds. The lowest BCUT2D eigenvalue weighted by Gasteiger charge is -2.17. The zero-order valence-corrected chi connectivity index (χ0v) is 23.1. The number of benzene rings is 2. The van der Waals surface area contributed by atoms with Crippen LogP contribution in [0.25, 0.3) is 0 Å². The number of amides is 1. The number of carbonyl (C=O) groups excluding carboxylic acids is 1. The van der Waals surface area contributed by atoms with Crippen molar-refractivity contribution in [2.75, 3.05) is 23.8 Å². The summed E-state index contributed by atoms with van der Waals surface area (Å²) in [5.41, 5.74) is 2.11. The van der Waals surface area contributed by atoms with Crippen molar-refractivity contribution in [1.82, 2.24) is 14.9 Å². The quantitative estimate of drug-likeness (QED) is 0.327. The van der Waals surface area contributed by atoms with Crippen molar-refractivity contribution in [3.63, 3.8) is 0 Å². The molecule has 1 aliphatic rings. The predicted molar refractivity (Wildman–Crippen MR) is 146 cm³/mol. The number of nitrogens with zero attached hydrogens (tertiary/aromatic N) is 3. The Hall–Kier alpha value is -3.41. The largest absolute Gasteiger partial charge is 0.489 e. The molecule has 0 saturated carbocycles. The van der Waals surface area contributed by atoms with Gasteiger partial charge in [0.15, 0.2) is 15.7 Å². The second-order valence-electron chi connectivity index (χ2n) is 9.35. The molecule has 12 heteroatoms. The topological polar surface area (TPSA) is 134 Å². The van der Waals surface area contributed by atoms with E-state index in [4.69, 9.17) is 16.3 Å². The Bertz CT molecular complexity index is 1460. The van der Waals surface area contributed by atoms with E-state index in [0.717, 1.165) is 5.56 Å². The van der Waals surface area contributed by atoms with Gasteiger partial charge in [0.1, 0.15) is 10.8 Å². The van der Waals surface area contributed by atoms with Gasteiger partial charge in [-0.05, 0) is 57.5 Å². The third-order valence-corrected chi connectivity index (χ3v) is 8.36. The number of halogens is 1. The normalized spacial score (nSPS) is 13.3.